The number of likely N-dealkylation sites (N-methyl/N-ethyl adjacent to an activating group) is 2. The molecule has 0 aliphatic carbocycles. The summed E-state index contributed by atoms with van der Waals surface area (Å²) in [6.45, 7) is 3.22. The van der Waals surface area contributed by atoms with Crippen molar-refractivity contribution in [2.24, 2.45) is 0 Å². The van der Waals surface area contributed by atoms with Crippen LogP contribution in [0.2, 0.25) is 0 Å². The van der Waals surface area contributed by atoms with E-state index in [1.807, 2.05) is 0 Å². The summed E-state index contributed by atoms with van der Waals surface area (Å²) in [6.07, 6.45) is 0.620. The average molecular weight is 263 g/mol. The number of nitrogens with zero attached hydrogens (tertiary/aromatic N) is 2. The molecule has 1 amide bonds. The van der Waals surface area contributed by atoms with E-state index in [9.17, 15) is 13.2 Å². The highest BCUT2D eigenvalue weighted by Gasteiger charge is 2.34. The van der Waals surface area contributed by atoms with Crippen molar-refractivity contribution in [2.75, 3.05) is 40.3 Å². The number of carbonyl (C=O) groups excluding carboxylic acids is 1. The van der Waals surface area contributed by atoms with Crippen molar-refractivity contribution in [1.29, 1.82) is 0 Å². The molecule has 6 nitrogen and oxygen atoms in total. The number of sulfonamides is 1. The molecule has 1 rings (SSSR count). The van der Waals surface area contributed by atoms with Crippen LogP contribution in [0.15, 0.2) is 0 Å². The fourth-order valence-electron chi connectivity index (χ4n) is 1.77. The number of hydrogen-bond donors (Lipinski definition) is 1. The second-order valence-corrected chi connectivity index (χ2v) is 6.59. The first-order valence-corrected chi connectivity index (χ1v) is 7.29. The lowest BCUT2D eigenvalue weighted by Gasteiger charge is -2.24. The highest BCUT2D eigenvalue weighted by molar-refractivity contribution is 7.89. The molecule has 1 heterocycles. The van der Waals surface area contributed by atoms with Crippen LogP contribution in [0, 0.1) is 0 Å². The summed E-state index contributed by atoms with van der Waals surface area (Å²) < 4.78 is 25.7. The Hall–Kier alpha value is -0.660. The Kier molecular flexibility index (Phi) is 4.91. The van der Waals surface area contributed by atoms with Gasteiger partial charge in [0, 0.05) is 27.2 Å². The van der Waals surface area contributed by atoms with Gasteiger partial charge in [-0.15, -0.1) is 0 Å². The van der Waals surface area contributed by atoms with Gasteiger partial charge in [0.15, 0.2) is 0 Å². The molecule has 0 spiro atoms. The van der Waals surface area contributed by atoms with Gasteiger partial charge >= 0.3 is 0 Å². The van der Waals surface area contributed by atoms with E-state index in [1.165, 1.54) is 9.21 Å². The maximum atomic E-state index is 12.2. The predicted molar refractivity (Wildman–Crippen MR) is 66.1 cm³/mol. The molecule has 0 radical (unpaired) electrons. The second-order valence-electron chi connectivity index (χ2n) is 4.37. The van der Waals surface area contributed by atoms with Crippen LogP contribution >= 0.6 is 0 Å². The van der Waals surface area contributed by atoms with Gasteiger partial charge in [-0.2, -0.15) is 4.31 Å². The number of amides is 1. The third kappa shape index (κ3) is 3.40. The Bertz CT molecular complexity index is 361. The van der Waals surface area contributed by atoms with Crippen LogP contribution in [0.1, 0.15) is 13.3 Å². The van der Waals surface area contributed by atoms with Crippen LogP contribution in [0.25, 0.3) is 0 Å². The van der Waals surface area contributed by atoms with Gasteiger partial charge in [0.05, 0.1) is 11.8 Å². The maximum absolute atomic E-state index is 12.2. The van der Waals surface area contributed by atoms with E-state index in [2.05, 4.69) is 5.32 Å². The summed E-state index contributed by atoms with van der Waals surface area (Å²) in [7, 11) is -0.106. The molecular formula is C10H21N3O3S. The van der Waals surface area contributed by atoms with Gasteiger partial charge in [-0.3, -0.25) is 4.79 Å². The SMILES string of the molecule is CCN(CC(=O)N(C)C)S(=O)(=O)C1CCNC1. The van der Waals surface area contributed by atoms with Crippen molar-refractivity contribution in [2.45, 2.75) is 18.6 Å². The van der Waals surface area contributed by atoms with Crippen LogP contribution in [0.3, 0.4) is 0 Å². The second kappa shape index (κ2) is 5.79. The molecule has 0 bridgehead atoms. The van der Waals surface area contributed by atoms with E-state index in [4.69, 9.17) is 0 Å². The topological polar surface area (TPSA) is 69.7 Å². The standard InChI is InChI=1S/C10H21N3O3S/c1-4-13(8-10(14)12(2)3)17(15,16)9-5-6-11-7-9/h9,11H,4-8H2,1-3H3. The van der Waals surface area contributed by atoms with E-state index in [-0.39, 0.29) is 12.5 Å². The summed E-state index contributed by atoms with van der Waals surface area (Å²) in [5, 5.41) is 2.64. The third-order valence-corrected chi connectivity index (χ3v) is 5.31. The van der Waals surface area contributed by atoms with Crippen LogP contribution in [-0.2, 0) is 14.8 Å². The Morgan fingerprint density at radius 3 is 2.47 bits per heavy atom. The first kappa shape index (κ1) is 14.4. The molecule has 1 aliphatic rings. The van der Waals surface area contributed by atoms with Crippen molar-refractivity contribution >= 4 is 15.9 Å². The first-order valence-electron chi connectivity index (χ1n) is 5.79. The third-order valence-electron chi connectivity index (χ3n) is 2.96. The monoisotopic (exact) mass is 263 g/mol. The van der Waals surface area contributed by atoms with Crippen molar-refractivity contribution in [3.05, 3.63) is 0 Å². The summed E-state index contributed by atoms with van der Waals surface area (Å²) in [4.78, 5) is 13.0. The average Bonchev–Trinajstić information content (AvgIpc) is 2.78. The summed E-state index contributed by atoms with van der Waals surface area (Å²) in [6, 6.07) is 0. The molecular weight excluding hydrogens is 242 g/mol. The van der Waals surface area contributed by atoms with Crippen molar-refractivity contribution in [1.82, 2.24) is 14.5 Å². The van der Waals surface area contributed by atoms with Gasteiger partial charge in [0.1, 0.15) is 0 Å². The van der Waals surface area contributed by atoms with E-state index < -0.39 is 15.3 Å². The van der Waals surface area contributed by atoms with Crippen molar-refractivity contribution < 1.29 is 13.2 Å². The molecule has 7 heteroatoms. The van der Waals surface area contributed by atoms with Gasteiger partial charge in [-0.05, 0) is 13.0 Å². The summed E-state index contributed by atoms with van der Waals surface area (Å²) in [5.41, 5.74) is 0. The Morgan fingerprint density at radius 2 is 2.06 bits per heavy atom. The van der Waals surface area contributed by atoms with E-state index in [1.54, 1.807) is 21.0 Å². The smallest absolute Gasteiger partial charge is 0.237 e. The minimum atomic E-state index is -3.36. The fraction of sp³-hybridized carbons (Fsp3) is 0.900. The van der Waals surface area contributed by atoms with Crippen molar-refractivity contribution in [3.8, 4) is 0 Å². The number of carbonyl (C=O) groups is 1. The van der Waals surface area contributed by atoms with Crippen LogP contribution in [0.4, 0.5) is 0 Å². The van der Waals surface area contributed by atoms with Crippen LogP contribution in [0.5, 0.6) is 0 Å². The van der Waals surface area contributed by atoms with Gasteiger partial charge < -0.3 is 10.2 Å². The molecule has 100 valence electrons. The minimum absolute atomic E-state index is 0.0671. The maximum Gasteiger partial charge on any atom is 0.237 e. The van der Waals surface area contributed by atoms with Gasteiger partial charge in [-0.1, -0.05) is 6.92 Å². The molecule has 0 aromatic rings. The zero-order valence-electron chi connectivity index (χ0n) is 10.6. The summed E-state index contributed by atoms with van der Waals surface area (Å²) in [5.74, 6) is -0.193. The van der Waals surface area contributed by atoms with E-state index in [0.717, 1.165) is 6.54 Å². The Morgan fingerprint density at radius 1 is 1.41 bits per heavy atom. The van der Waals surface area contributed by atoms with Gasteiger partial charge in [0.2, 0.25) is 15.9 Å². The number of rotatable bonds is 5. The molecule has 1 unspecified atom stereocenters. The molecule has 0 aromatic heterocycles. The highest BCUT2D eigenvalue weighted by Crippen LogP contribution is 2.15. The fourth-order valence-corrected chi connectivity index (χ4v) is 3.58. The lowest BCUT2D eigenvalue weighted by Crippen LogP contribution is -2.44. The molecule has 0 aromatic carbocycles. The largest absolute Gasteiger partial charge is 0.348 e. The molecule has 0 saturated carbocycles. The lowest BCUT2D eigenvalue weighted by atomic mass is 10.4. The first-order chi connectivity index (χ1) is 7.89. The minimum Gasteiger partial charge on any atom is -0.348 e. The van der Waals surface area contributed by atoms with E-state index >= 15 is 0 Å². The van der Waals surface area contributed by atoms with Crippen LogP contribution in [-0.4, -0.2) is 69.1 Å². The molecule has 1 saturated heterocycles. The molecule has 1 aliphatic heterocycles. The zero-order chi connectivity index (χ0) is 13.1. The van der Waals surface area contributed by atoms with Gasteiger partial charge in [-0.25, -0.2) is 8.42 Å². The molecule has 1 atom stereocenters. The summed E-state index contributed by atoms with van der Waals surface area (Å²) >= 11 is 0. The number of nitrogens with one attached hydrogen (secondary N) is 1. The molecule has 17 heavy (non-hydrogen) atoms. The van der Waals surface area contributed by atoms with Crippen molar-refractivity contribution in [3.63, 3.8) is 0 Å². The lowest BCUT2D eigenvalue weighted by molar-refractivity contribution is -0.128. The normalized spacial score (nSPS) is 20.8. The highest BCUT2D eigenvalue weighted by atomic mass is 32.2. The van der Waals surface area contributed by atoms with E-state index in [0.29, 0.717) is 19.5 Å². The number of hydrogen-bond acceptors (Lipinski definition) is 4. The Balaban J connectivity index is 2.75. The quantitative estimate of drug-likeness (QED) is 0.697. The Labute approximate surface area is 103 Å². The molecule has 1 N–H and O–H groups in total. The predicted octanol–water partition coefficient (Wildman–Crippen LogP) is -0.912. The van der Waals surface area contributed by atoms with Crippen LogP contribution < -0.4 is 5.32 Å². The zero-order valence-corrected chi connectivity index (χ0v) is 11.5. The van der Waals surface area contributed by atoms with Gasteiger partial charge in [0.25, 0.3) is 0 Å². The molecule has 1 fully saturated rings.